The first-order valence-corrected chi connectivity index (χ1v) is 12.8. The van der Waals surface area contributed by atoms with Gasteiger partial charge in [0.05, 0.1) is 5.56 Å². The highest BCUT2D eigenvalue weighted by Crippen LogP contribution is 2.25. The maximum absolute atomic E-state index is 12.5. The number of carboxylic acids is 1. The molecule has 0 fully saturated rings. The molecule has 0 bridgehead atoms. The Balaban J connectivity index is 1.61. The number of unbranched alkanes of at least 4 members (excludes halogenated alkanes) is 4. The normalized spacial score (nSPS) is 10.8. The van der Waals surface area contributed by atoms with Crippen LogP contribution in [-0.4, -0.2) is 36.0 Å². The molecule has 0 radical (unpaired) electrons. The smallest absolute Gasteiger partial charge is 0.336 e. The number of benzene rings is 3. The Morgan fingerprint density at radius 3 is 2.22 bits per heavy atom. The van der Waals surface area contributed by atoms with E-state index < -0.39 is 5.97 Å². The van der Waals surface area contributed by atoms with E-state index in [0.29, 0.717) is 25.1 Å². The average Bonchev–Trinajstić information content (AvgIpc) is 2.89. The molecule has 0 aromatic heterocycles. The van der Waals surface area contributed by atoms with E-state index in [1.54, 1.807) is 12.1 Å². The van der Waals surface area contributed by atoms with Crippen molar-refractivity contribution in [3.8, 4) is 11.1 Å². The van der Waals surface area contributed by atoms with Crippen molar-refractivity contribution in [2.45, 2.75) is 58.5 Å². The summed E-state index contributed by atoms with van der Waals surface area (Å²) < 4.78 is 0. The predicted octanol–water partition coefficient (Wildman–Crippen LogP) is 7.01. The van der Waals surface area contributed by atoms with E-state index in [2.05, 4.69) is 49.4 Å². The van der Waals surface area contributed by atoms with Crippen LogP contribution in [0.3, 0.4) is 0 Å². The number of carbonyl (C=O) groups excluding carboxylic acids is 1. The van der Waals surface area contributed by atoms with Crippen molar-refractivity contribution in [1.29, 1.82) is 0 Å². The zero-order valence-electron chi connectivity index (χ0n) is 21.7. The van der Waals surface area contributed by atoms with Gasteiger partial charge in [0.2, 0.25) is 5.91 Å². The fraction of sp³-hybridized carbons (Fsp3) is 0.355. The lowest BCUT2D eigenvalue weighted by Crippen LogP contribution is -2.25. The summed E-state index contributed by atoms with van der Waals surface area (Å²) in [6.45, 7) is 3.31. The minimum Gasteiger partial charge on any atom is -0.478 e. The highest BCUT2D eigenvalue weighted by molar-refractivity contribution is 5.89. The average molecular weight is 487 g/mol. The highest BCUT2D eigenvalue weighted by atomic mass is 16.4. The van der Waals surface area contributed by atoms with E-state index in [0.717, 1.165) is 40.8 Å². The molecule has 36 heavy (non-hydrogen) atoms. The van der Waals surface area contributed by atoms with E-state index >= 15 is 0 Å². The summed E-state index contributed by atoms with van der Waals surface area (Å²) >= 11 is 0. The van der Waals surface area contributed by atoms with Crippen LogP contribution in [0.25, 0.3) is 11.1 Å². The zero-order chi connectivity index (χ0) is 25.9. The lowest BCUT2D eigenvalue weighted by molar-refractivity contribution is -0.130. The van der Waals surface area contributed by atoms with E-state index in [4.69, 9.17) is 0 Å². The molecule has 3 aromatic rings. The number of hydrogen-bond donors (Lipinski definition) is 1. The van der Waals surface area contributed by atoms with E-state index in [-0.39, 0.29) is 5.91 Å². The van der Waals surface area contributed by atoms with E-state index in [1.165, 1.54) is 19.3 Å². The van der Waals surface area contributed by atoms with E-state index in [9.17, 15) is 14.7 Å². The van der Waals surface area contributed by atoms with Gasteiger partial charge in [0.25, 0.3) is 0 Å². The topological polar surface area (TPSA) is 60.9 Å². The number of anilines is 1. The molecule has 5 nitrogen and oxygen atoms in total. The highest BCUT2D eigenvalue weighted by Gasteiger charge is 2.12. The second-order valence-electron chi connectivity index (χ2n) is 9.48. The molecule has 0 saturated heterocycles. The van der Waals surface area contributed by atoms with Crippen LogP contribution >= 0.6 is 0 Å². The van der Waals surface area contributed by atoms with Crippen LogP contribution in [0.2, 0.25) is 0 Å². The van der Waals surface area contributed by atoms with Crippen molar-refractivity contribution < 1.29 is 14.7 Å². The molecular weight excluding hydrogens is 448 g/mol. The number of hydrogen-bond acceptors (Lipinski definition) is 3. The fourth-order valence-electron chi connectivity index (χ4n) is 4.40. The Morgan fingerprint density at radius 2 is 1.50 bits per heavy atom. The Hall–Kier alpha value is -3.60. The van der Waals surface area contributed by atoms with Crippen LogP contribution in [0.4, 0.5) is 5.69 Å². The number of carbonyl (C=O) groups is 2. The minimum absolute atomic E-state index is 0.203. The van der Waals surface area contributed by atoms with Crippen molar-refractivity contribution in [2.75, 3.05) is 19.0 Å². The first-order valence-electron chi connectivity index (χ1n) is 12.8. The van der Waals surface area contributed by atoms with Gasteiger partial charge in [-0.1, -0.05) is 81.1 Å². The van der Waals surface area contributed by atoms with Crippen LogP contribution in [0.1, 0.15) is 66.9 Å². The molecule has 0 spiro atoms. The maximum Gasteiger partial charge on any atom is 0.336 e. The number of rotatable bonds is 13. The van der Waals surface area contributed by atoms with Gasteiger partial charge in [0, 0.05) is 39.3 Å². The summed E-state index contributed by atoms with van der Waals surface area (Å²) in [6.07, 6.45) is 6.37. The first kappa shape index (κ1) is 27.0. The number of amides is 1. The summed E-state index contributed by atoms with van der Waals surface area (Å²) in [4.78, 5) is 27.9. The molecule has 0 heterocycles. The zero-order valence-corrected chi connectivity index (χ0v) is 21.7. The summed E-state index contributed by atoms with van der Waals surface area (Å²) in [6, 6.07) is 23.7. The third-order valence-electron chi connectivity index (χ3n) is 6.56. The SMILES string of the molecule is CCCCCCCC(=O)N(C)Cc1cccc(-c2ccc(N(C)Cc3ccccc3C(=O)O)cc2)c1. The number of aromatic carboxylic acids is 1. The van der Waals surface area contributed by atoms with Gasteiger partial charge in [-0.05, 0) is 52.9 Å². The molecule has 5 heteroatoms. The quantitative estimate of drug-likeness (QED) is 0.264. The molecule has 0 aliphatic rings. The summed E-state index contributed by atoms with van der Waals surface area (Å²) in [5, 5.41) is 9.45. The molecule has 0 atom stereocenters. The fourth-order valence-corrected chi connectivity index (χ4v) is 4.40. The lowest BCUT2D eigenvalue weighted by Gasteiger charge is -2.21. The first-order chi connectivity index (χ1) is 17.4. The second-order valence-corrected chi connectivity index (χ2v) is 9.48. The Bertz CT molecular complexity index is 1140. The van der Waals surface area contributed by atoms with Crippen molar-refractivity contribution in [3.63, 3.8) is 0 Å². The predicted molar refractivity (Wildman–Crippen MR) is 147 cm³/mol. The third kappa shape index (κ3) is 7.70. The summed E-state index contributed by atoms with van der Waals surface area (Å²) in [5.41, 5.74) is 5.45. The van der Waals surface area contributed by atoms with Gasteiger partial charge in [0.1, 0.15) is 0 Å². The van der Waals surface area contributed by atoms with Crippen LogP contribution in [-0.2, 0) is 17.9 Å². The molecule has 0 unspecified atom stereocenters. The standard InChI is InChI=1S/C31H38N2O3/c1-4-5-6-7-8-16-30(34)33(3)22-24-12-11-14-26(21-24)25-17-19-28(20-18-25)32(2)23-27-13-9-10-15-29(27)31(35)36/h9-15,17-21H,4-8,16,22-23H2,1-3H3,(H,35,36). The lowest BCUT2D eigenvalue weighted by atomic mass is 10.0. The van der Waals surface area contributed by atoms with Gasteiger partial charge in [-0.15, -0.1) is 0 Å². The molecule has 0 saturated carbocycles. The van der Waals surface area contributed by atoms with Crippen molar-refractivity contribution >= 4 is 17.6 Å². The van der Waals surface area contributed by atoms with Gasteiger partial charge in [-0.3, -0.25) is 4.79 Å². The van der Waals surface area contributed by atoms with Gasteiger partial charge >= 0.3 is 5.97 Å². The molecule has 1 amide bonds. The Labute approximate surface area is 215 Å². The van der Waals surface area contributed by atoms with Crippen molar-refractivity contribution in [1.82, 2.24) is 4.90 Å². The van der Waals surface area contributed by atoms with Crippen LogP contribution in [0.5, 0.6) is 0 Å². The molecule has 0 aliphatic heterocycles. The van der Waals surface area contributed by atoms with Crippen LogP contribution < -0.4 is 4.90 Å². The second kappa shape index (κ2) is 13.5. The van der Waals surface area contributed by atoms with Gasteiger partial charge in [0.15, 0.2) is 0 Å². The van der Waals surface area contributed by atoms with Crippen LogP contribution in [0.15, 0.2) is 72.8 Å². The van der Waals surface area contributed by atoms with E-state index in [1.807, 2.05) is 42.1 Å². The molecule has 190 valence electrons. The molecule has 0 aliphatic carbocycles. The molecule has 1 N–H and O–H groups in total. The van der Waals surface area contributed by atoms with Crippen molar-refractivity contribution in [2.24, 2.45) is 0 Å². The Morgan fingerprint density at radius 1 is 0.778 bits per heavy atom. The van der Waals surface area contributed by atoms with Gasteiger partial charge in [-0.25, -0.2) is 4.79 Å². The summed E-state index contributed by atoms with van der Waals surface area (Å²) in [5.74, 6) is -0.706. The van der Waals surface area contributed by atoms with Gasteiger partial charge in [-0.2, -0.15) is 0 Å². The maximum atomic E-state index is 12.5. The minimum atomic E-state index is -0.909. The third-order valence-corrected chi connectivity index (χ3v) is 6.56. The molecule has 3 aromatic carbocycles. The number of nitrogens with zero attached hydrogens (tertiary/aromatic N) is 2. The van der Waals surface area contributed by atoms with Gasteiger partial charge < -0.3 is 14.9 Å². The summed E-state index contributed by atoms with van der Waals surface area (Å²) in [7, 11) is 3.85. The largest absolute Gasteiger partial charge is 0.478 e. The molecular formula is C31H38N2O3. The Kier molecular flexibility index (Phi) is 10.1. The van der Waals surface area contributed by atoms with Crippen molar-refractivity contribution in [3.05, 3.63) is 89.5 Å². The van der Waals surface area contributed by atoms with Crippen LogP contribution in [0, 0.1) is 0 Å². The monoisotopic (exact) mass is 486 g/mol. The number of carboxylic acid groups (broad SMARTS) is 1. The molecule has 3 rings (SSSR count).